The molecule has 0 heterocycles. The number of halogens is 3. The van der Waals surface area contributed by atoms with Gasteiger partial charge in [0.05, 0.1) is 27.7 Å². The van der Waals surface area contributed by atoms with Gasteiger partial charge in [-0.1, -0.05) is 0 Å². The zero-order chi connectivity index (χ0) is 19.4. The number of hydrogen-bond donors (Lipinski definition) is 2. The Hall–Kier alpha value is -1.78. The first-order valence-corrected chi connectivity index (χ1v) is 8.95. The minimum Gasteiger partial charge on any atom is -0.393 e. The Morgan fingerprint density at radius 3 is 2.50 bits per heavy atom. The van der Waals surface area contributed by atoms with Gasteiger partial charge in [-0.05, 0) is 67.1 Å². The van der Waals surface area contributed by atoms with Crippen LogP contribution in [0.1, 0.15) is 29.3 Å². The fraction of sp³-hybridized carbons (Fsp3) is 0.278. The maximum atomic E-state index is 14.3. The van der Waals surface area contributed by atoms with Crippen molar-refractivity contribution in [1.29, 1.82) is 0 Å². The van der Waals surface area contributed by atoms with Crippen LogP contribution in [0.5, 0.6) is 0 Å². The van der Waals surface area contributed by atoms with Crippen LogP contribution in [0.4, 0.5) is 20.2 Å². The third kappa shape index (κ3) is 4.68. The van der Waals surface area contributed by atoms with Crippen LogP contribution in [-0.2, 0) is 4.84 Å². The average molecular weight is 476 g/mol. The number of anilines is 2. The largest absolute Gasteiger partial charge is 0.393 e. The summed E-state index contributed by atoms with van der Waals surface area (Å²) in [6.45, 7) is 3.27. The summed E-state index contributed by atoms with van der Waals surface area (Å²) < 4.78 is 28.3. The van der Waals surface area contributed by atoms with Crippen molar-refractivity contribution in [3.63, 3.8) is 0 Å². The van der Waals surface area contributed by atoms with Crippen LogP contribution in [0.3, 0.4) is 0 Å². The molecule has 0 saturated carbocycles. The molecule has 2 rings (SSSR count). The van der Waals surface area contributed by atoms with E-state index in [1.807, 2.05) is 0 Å². The number of carbonyl (C=O) groups excluding carboxylic acids is 1. The lowest BCUT2D eigenvalue weighted by molar-refractivity contribution is 0.0893. The number of rotatable bonds is 7. The number of nitrogens with zero attached hydrogens (tertiary/aromatic N) is 1. The van der Waals surface area contributed by atoms with Gasteiger partial charge in [-0.3, -0.25) is 9.63 Å². The number of amides is 1. The maximum Gasteiger partial charge on any atom is 0.248 e. The number of carbonyl (C=O) groups is 1. The summed E-state index contributed by atoms with van der Waals surface area (Å²) in [5.74, 6) is -1.96. The number of hydrogen-bond acceptors (Lipinski definition) is 4. The quantitative estimate of drug-likeness (QED) is 0.362. The van der Waals surface area contributed by atoms with E-state index in [1.54, 1.807) is 41.6 Å². The molecule has 1 unspecified atom stereocenters. The van der Waals surface area contributed by atoms with Crippen molar-refractivity contribution in [3.8, 4) is 0 Å². The van der Waals surface area contributed by atoms with E-state index in [0.717, 1.165) is 0 Å². The second-order valence-electron chi connectivity index (χ2n) is 5.81. The molecule has 26 heavy (non-hydrogen) atoms. The van der Waals surface area contributed by atoms with E-state index in [2.05, 4.69) is 0 Å². The average Bonchev–Trinajstić information content (AvgIpc) is 2.60. The number of aliphatic hydroxyl groups excluding tert-OH is 1. The van der Waals surface area contributed by atoms with Crippen LogP contribution in [0.2, 0.25) is 0 Å². The van der Waals surface area contributed by atoms with Crippen molar-refractivity contribution in [1.82, 2.24) is 0 Å². The monoisotopic (exact) mass is 476 g/mol. The molecule has 2 aromatic carbocycles. The zero-order valence-corrected chi connectivity index (χ0v) is 16.5. The molecule has 2 aromatic rings. The summed E-state index contributed by atoms with van der Waals surface area (Å²) in [6, 6.07) is 7.31. The van der Waals surface area contributed by atoms with Gasteiger partial charge in [0.25, 0.3) is 0 Å². The van der Waals surface area contributed by atoms with E-state index in [-0.39, 0.29) is 21.4 Å². The molecule has 8 heteroatoms. The normalized spacial score (nSPS) is 12.1. The van der Waals surface area contributed by atoms with Crippen LogP contribution in [-0.4, -0.2) is 23.7 Å². The molecule has 0 bridgehead atoms. The van der Waals surface area contributed by atoms with E-state index in [9.17, 15) is 18.7 Å². The third-order valence-electron chi connectivity index (χ3n) is 3.74. The Balaban J connectivity index is 2.46. The molecule has 0 spiro atoms. The summed E-state index contributed by atoms with van der Waals surface area (Å²) in [6.07, 6.45) is -0.245. The molecule has 1 amide bonds. The summed E-state index contributed by atoms with van der Waals surface area (Å²) in [5, 5.41) is 10.7. The summed E-state index contributed by atoms with van der Waals surface area (Å²) in [5.41, 5.74) is 6.40. The molecule has 0 aliphatic carbocycles. The highest BCUT2D eigenvalue weighted by molar-refractivity contribution is 14.1. The SMILES string of the molecule is Cc1c(N(OCCC(C)O)c2ccc(C(N)=O)cc2)cc(F)c(I)c1F. The van der Waals surface area contributed by atoms with Gasteiger partial charge in [0.1, 0.15) is 11.6 Å². The van der Waals surface area contributed by atoms with Gasteiger partial charge < -0.3 is 10.8 Å². The fourth-order valence-corrected chi connectivity index (χ4v) is 2.80. The Bertz CT molecular complexity index is 798. The smallest absolute Gasteiger partial charge is 0.248 e. The molecule has 0 fully saturated rings. The van der Waals surface area contributed by atoms with Crippen LogP contribution in [0.15, 0.2) is 30.3 Å². The topological polar surface area (TPSA) is 75.8 Å². The van der Waals surface area contributed by atoms with Crippen molar-refractivity contribution < 1.29 is 23.5 Å². The lowest BCUT2D eigenvalue weighted by Gasteiger charge is -2.26. The number of nitrogens with two attached hydrogens (primary N) is 1. The zero-order valence-electron chi connectivity index (χ0n) is 14.3. The molecule has 5 nitrogen and oxygen atoms in total. The maximum absolute atomic E-state index is 14.3. The Morgan fingerprint density at radius 2 is 1.96 bits per heavy atom. The van der Waals surface area contributed by atoms with Crippen LogP contribution in [0.25, 0.3) is 0 Å². The molecule has 3 N–H and O–H groups in total. The van der Waals surface area contributed by atoms with E-state index in [0.29, 0.717) is 17.7 Å². The predicted molar refractivity (Wildman–Crippen MR) is 103 cm³/mol. The Kier molecular flexibility index (Phi) is 6.90. The van der Waals surface area contributed by atoms with Gasteiger partial charge in [0.2, 0.25) is 5.91 Å². The van der Waals surface area contributed by atoms with E-state index in [4.69, 9.17) is 10.6 Å². The standard InChI is InChI=1S/C18H19F2IN2O3/c1-10(24)7-8-26-23(13-5-3-12(4-6-13)18(22)25)15-9-14(19)17(21)16(20)11(15)2/h3-6,9-10,24H,7-8H2,1-2H3,(H2,22,25). The van der Waals surface area contributed by atoms with Gasteiger partial charge in [0.15, 0.2) is 0 Å². The highest BCUT2D eigenvalue weighted by atomic mass is 127. The molecule has 0 saturated heterocycles. The van der Waals surface area contributed by atoms with E-state index >= 15 is 0 Å². The first kappa shape index (κ1) is 20.5. The first-order chi connectivity index (χ1) is 12.2. The second-order valence-corrected chi connectivity index (χ2v) is 6.89. The van der Waals surface area contributed by atoms with Gasteiger partial charge in [-0.25, -0.2) is 13.8 Å². The number of benzene rings is 2. The Labute approximate surface area is 163 Å². The summed E-state index contributed by atoms with van der Waals surface area (Å²) >= 11 is 1.60. The van der Waals surface area contributed by atoms with Crippen molar-refractivity contribution in [2.45, 2.75) is 26.4 Å². The molecular formula is C18H19F2IN2O3. The molecule has 1 atom stereocenters. The highest BCUT2D eigenvalue weighted by Gasteiger charge is 2.20. The first-order valence-electron chi connectivity index (χ1n) is 7.87. The minimum atomic E-state index is -0.707. The molecule has 0 radical (unpaired) electrons. The minimum absolute atomic E-state index is 0.100. The predicted octanol–water partition coefficient (Wildman–Crippen LogP) is 3.82. The van der Waals surface area contributed by atoms with Gasteiger partial charge in [-0.15, -0.1) is 0 Å². The van der Waals surface area contributed by atoms with Crippen LogP contribution >= 0.6 is 22.6 Å². The number of aliphatic hydroxyl groups is 1. The van der Waals surface area contributed by atoms with E-state index < -0.39 is 23.6 Å². The van der Waals surface area contributed by atoms with Crippen molar-refractivity contribution in [2.75, 3.05) is 11.7 Å². The molecule has 140 valence electrons. The second kappa shape index (κ2) is 8.74. The Morgan fingerprint density at radius 1 is 1.35 bits per heavy atom. The summed E-state index contributed by atoms with van der Waals surface area (Å²) in [7, 11) is 0. The van der Waals surface area contributed by atoms with Crippen LogP contribution in [0, 0.1) is 22.1 Å². The number of primary amides is 1. The van der Waals surface area contributed by atoms with Crippen molar-refractivity contribution in [2.24, 2.45) is 5.73 Å². The highest BCUT2D eigenvalue weighted by Crippen LogP contribution is 2.33. The van der Waals surface area contributed by atoms with Gasteiger partial charge in [-0.2, -0.15) is 0 Å². The van der Waals surface area contributed by atoms with E-state index in [1.165, 1.54) is 30.2 Å². The lowest BCUT2D eigenvalue weighted by atomic mass is 10.1. The molecular weight excluding hydrogens is 457 g/mol. The van der Waals surface area contributed by atoms with Gasteiger partial charge >= 0.3 is 0 Å². The van der Waals surface area contributed by atoms with Crippen molar-refractivity contribution >= 4 is 39.9 Å². The molecule has 0 aliphatic heterocycles. The molecule has 0 aromatic heterocycles. The summed E-state index contributed by atoms with van der Waals surface area (Å²) in [4.78, 5) is 16.9. The fourth-order valence-electron chi connectivity index (χ4n) is 2.24. The lowest BCUT2D eigenvalue weighted by Crippen LogP contribution is -2.22. The van der Waals surface area contributed by atoms with Crippen molar-refractivity contribution in [3.05, 3.63) is 56.7 Å². The van der Waals surface area contributed by atoms with Crippen LogP contribution < -0.4 is 10.8 Å². The third-order valence-corrected chi connectivity index (χ3v) is 4.73. The molecule has 0 aliphatic rings. The van der Waals surface area contributed by atoms with Gasteiger partial charge in [0, 0.05) is 17.2 Å².